The summed E-state index contributed by atoms with van der Waals surface area (Å²) in [7, 11) is 0. The first-order valence-electron chi connectivity index (χ1n) is 7.93. The number of aryl methyl sites for hydroxylation is 1. The zero-order valence-electron chi connectivity index (χ0n) is 13.6. The number of rotatable bonds is 5. The second-order valence-electron chi connectivity index (χ2n) is 5.45. The monoisotopic (exact) mass is 352 g/mol. The summed E-state index contributed by atoms with van der Waals surface area (Å²) in [5, 5.41) is 13.6. The number of thiophene rings is 1. The first-order chi connectivity index (χ1) is 12.3. The van der Waals surface area contributed by atoms with Crippen molar-refractivity contribution < 1.29 is 4.79 Å². The van der Waals surface area contributed by atoms with Crippen LogP contribution < -0.4 is 5.32 Å². The van der Waals surface area contributed by atoms with E-state index in [1.54, 1.807) is 28.2 Å². The summed E-state index contributed by atoms with van der Waals surface area (Å²) in [6.07, 6.45) is 5.15. The first-order valence-corrected chi connectivity index (χ1v) is 8.81. The number of aromatic nitrogens is 5. The predicted molar refractivity (Wildman–Crippen MR) is 95.4 cm³/mol. The van der Waals surface area contributed by atoms with Crippen LogP contribution in [-0.2, 0) is 13.1 Å². The van der Waals surface area contributed by atoms with E-state index in [9.17, 15) is 4.79 Å². The molecule has 0 saturated heterocycles. The van der Waals surface area contributed by atoms with Gasteiger partial charge in [-0.2, -0.15) is 10.2 Å². The number of hydrogen-bond donors (Lipinski definition) is 1. The summed E-state index contributed by atoms with van der Waals surface area (Å²) in [5.74, 6) is -0.211. The minimum atomic E-state index is -0.211. The molecule has 4 aromatic heterocycles. The van der Waals surface area contributed by atoms with Crippen LogP contribution in [-0.4, -0.2) is 30.3 Å². The van der Waals surface area contributed by atoms with E-state index < -0.39 is 0 Å². The van der Waals surface area contributed by atoms with Crippen molar-refractivity contribution in [2.24, 2.45) is 0 Å². The number of amides is 1. The summed E-state index contributed by atoms with van der Waals surface area (Å²) >= 11 is 1.62. The van der Waals surface area contributed by atoms with Crippen LogP contribution in [0, 0.1) is 0 Å². The van der Waals surface area contributed by atoms with Crippen LogP contribution in [0.25, 0.3) is 16.2 Å². The number of nitrogens with one attached hydrogen (secondary N) is 1. The Balaban J connectivity index is 1.59. The van der Waals surface area contributed by atoms with Crippen LogP contribution in [0.3, 0.4) is 0 Å². The summed E-state index contributed by atoms with van der Waals surface area (Å²) in [6, 6.07) is 7.79. The molecule has 0 radical (unpaired) electrons. The third kappa shape index (κ3) is 2.91. The predicted octanol–water partition coefficient (Wildman–Crippen LogP) is 2.60. The van der Waals surface area contributed by atoms with E-state index in [2.05, 4.69) is 20.5 Å². The number of carbonyl (C=O) groups is 1. The molecule has 0 saturated carbocycles. The lowest BCUT2D eigenvalue weighted by molar-refractivity contribution is 0.0952. The zero-order chi connectivity index (χ0) is 17.2. The molecule has 0 aliphatic heterocycles. The van der Waals surface area contributed by atoms with Gasteiger partial charge in [-0.05, 0) is 30.5 Å². The maximum atomic E-state index is 12.5. The fourth-order valence-electron chi connectivity index (χ4n) is 2.60. The summed E-state index contributed by atoms with van der Waals surface area (Å²) in [6.45, 7) is 3.19. The molecule has 126 valence electrons. The van der Waals surface area contributed by atoms with Gasteiger partial charge in [0.25, 0.3) is 5.91 Å². The van der Waals surface area contributed by atoms with Gasteiger partial charge in [0.15, 0.2) is 5.65 Å². The molecular weight excluding hydrogens is 336 g/mol. The molecule has 1 amide bonds. The van der Waals surface area contributed by atoms with Crippen LogP contribution >= 0.6 is 11.3 Å². The molecule has 7 nitrogen and oxygen atoms in total. The van der Waals surface area contributed by atoms with Crippen LogP contribution in [0.4, 0.5) is 0 Å². The molecule has 4 aromatic rings. The van der Waals surface area contributed by atoms with Crippen molar-refractivity contribution >= 4 is 22.9 Å². The van der Waals surface area contributed by atoms with Gasteiger partial charge >= 0.3 is 0 Å². The second-order valence-corrected chi connectivity index (χ2v) is 6.39. The Labute approximate surface area is 147 Å². The Hall–Kier alpha value is -3.00. The van der Waals surface area contributed by atoms with Gasteiger partial charge in [-0.1, -0.05) is 6.07 Å². The van der Waals surface area contributed by atoms with Crippen molar-refractivity contribution in [1.82, 2.24) is 29.7 Å². The number of fused-ring (bicyclic) bond motifs is 1. The zero-order valence-corrected chi connectivity index (χ0v) is 14.4. The average molecular weight is 352 g/mol. The highest BCUT2D eigenvalue weighted by molar-refractivity contribution is 7.13. The van der Waals surface area contributed by atoms with Gasteiger partial charge in [0.1, 0.15) is 5.56 Å². The van der Waals surface area contributed by atoms with Crippen LogP contribution in [0.5, 0.6) is 0 Å². The van der Waals surface area contributed by atoms with Crippen molar-refractivity contribution in [2.75, 3.05) is 0 Å². The topological polar surface area (TPSA) is 77.1 Å². The Morgan fingerprint density at radius 2 is 2.24 bits per heavy atom. The van der Waals surface area contributed by atoms with Crippen LogP contribution in [0.2, 0.25) is 0 Å². The quantitative estimate of drug-likeness (QED) is 0.599. The molecule has 4 rings (SSSR count). The molecule has 0 aliphatic rings. The van der Waals surface area contributed by atoms with E-state index in [1.807, 2.05) is 47.4 Å². The average Bonchev–Trinajstić information content (AvgIpc) is 3.39. The summed E-state index contributed by atoms with van der Waals surface area (Å²) in [5.41, 5.74) is 2.73. The second kappa shape index (κ2) is 6.48. The van der Waals surface area contributed by atoms with Crippen molar-refractivity contribution in [3.05, 3.63) is 59.5 Å². The molecule has 0 spiro atoms. The molecule has 0 aromatic carbocycles. The van der Waals surface area contributed by atoms with Crippen LogP contribution in [0.1, 0.15) is 23.0 Å². The highest BCUT2D eigenvalue weighted by atomic mass is 32.1. The van der Waals surface area contributed by atoms with E-state index in [4.69, 9.17) is 0 Å². The standard InChI is InChI=1S/C17H16N6OS/c1-2-22-8-6-12(21-22)10-19-17(24)13-11-20-23-14(5-7-18-16(13)23)15-4-3-9-25-15/h3-9,11H,2,10H2,1H3,(H,19,24). The van der Waals surface area contributed by atoms with E-state index in [0.29, 0.717) is 17.8 Å². The molecule has 0 unspecified atom stereocenters. The largest absolute Gasteiger partial charge is 0.346 e. The lowest BCUT2D eigenvalue weighted by atomic mass is 10.3. The minimum Gasteiger partial charge on any atom is -0.346 e. The number of hydrogen-bond acceptors (Lipinski definition) is 5. The maximum Gasteiger partial charge on any atom is 0.257 e. The van der Waals surface area contributed by atoms with E-state index >= 15 is 0 Å². The number of carbonyl (C=O) groups excluding carboxylic acids is 1. The fourth-order valence-corrected chi connectivity index (χ4v) is 3.34. The molecule has 0 fully saturated rings. The highest BCUT2D eigenvalue weighted by Crippen LogP contribution is 2.25. The fraction of sp³-hybridized carbons (Fsp3) is 0.176. The van der Waals surface area contributed by atoms with Crippen LogP contribution in [0.15, 0.2) is 48.2 Å². The molecule has 25 heavy (non-hydrogen) atoms. The molecule has 0 bridgehead atoms. The van der Waals surface area contributed by atoms with Crippen molar-refractivity contribution in [2.45, 2.75) is 20.0 Å². The molecule has 0 atom stereocenters. The van der Waals surface area contributed by atoms with Gasteiger partial charge in [-0.15, -0.1) is 11.3 Å². The van der Waals surface area contributed by atoms with Crippen molar-refractivity contribution in [3.8, 4) is 10.6 Å². The Morgan fingerprint density at radius 3 is 3.00 bits per heavy atom. The SMILES string of the molecule is CCn1ccc(CNC(=O)c2cnn3c(-c4cccs4)ccnc23)n1. The molecule has 4 heterocycles. The third-order valence-corrected chi connectivity index (χ3v) is 4.76. The Bertz CT molecular complexity index is 1020. The van der Waals surface area contributed by atoms with Gasteiger partial charge in [0, 0.05) is 18.9 Å². The summed E-state index contributed by atoms with van der Waals surface area (Å²) < 4.78 is 3.53. The molecule has 1 N–H and O–H groups in total. The minimum absolute atomic E-state index is 0.211. The maximum absolute atomic E-state index is 12.5. The Morgan fingerprint density at radius 1 is 1.32 bits per heavy atom. The van der Waals surface area contributed by atoms with E-state index in [1.165, 1.54) is 0 Å². The molecule has 0 aliphatic carbocycles. The van der Waals surface area contributed by atoms with Crippen molar-refractivity contribution in [3.63, 3.8) is 0 Å². The van der Waals surface area contributed by atoms with Gasteiger partial charge in [-0.3, -0.25) is 9.48 Å². The lowest BCUT2D eigenvalue weighted by Gasteiger charge is -2.03. The van der Waals surface area contributed by atoms with Gasteiger partial charge in [0.05, 0.1) is 29.0 Å². The first kappa shape index (κ1) is 15.5. The lowest BCUT2D eigenvalue weighted by Crippen LogP contribution is -2.23. The van der Waals surface area contributed by atoms with E-state index in [-0.39, 0.29) is 5.91 Å². The van der Waals surface area contributed by atoms with Gasteiger partial charge < -0.3 is 5.32 Å². The Kier molecular flexibility index (Phi) is 4.02. The number of nitrogens with zero attached hydrogens (tertiary/aromatic N) is 5. The van der Waals surface area contributed by atoms with E-state index in [0.717, 1.165) is 22.8 Å². The molecule has 8 heteroatoms. The smallest absolute Gasteiger partial charge is 0.257 e. The normalized spacial score (nSPS) is 11.1. The van der Waals surface area contributed by atoms with Gasteiger partial charge in [0.2, 0.25) is 0 Å². The van der Waals surface area contributed by atoms with Crippen molar-refractivity contribution in [1.29, 1.82) is 0 Å². The summed E-state index contributed by atoms with van der Waals surface area (Å²) in [4.78, 5) is 17.9. The van der Waals surface area contributed by atoms with Gasteiger partial charge in [-0.25, -0.2) is 9.50 Å². The highest BCUT2D eigenvalue weighted by Gasteiger charge is 2.16. The third-order valence-electron chi connectivity index (χ3n) is 3.87. The molecular formula is C17H16N6OS.